The number of hydrogen-bond acceptors (Lipinski definition) is 3. The molecule has 0 radical (unpaired) electrons. The monoisotopic (exact) mass is 274 g/mol. The van der Waals surface area contributed by atoms with Crippen molar-refractivity contribution < 1.29 is 9.53 Å². The molecule has 0 spiro atoms. The van der Waals surface area contributed by atoms with Gasteiger partial charge in [-0.25, -0.2) is 0 Å². The highest BCUT2D eigenvalue weighted by Crippen LogP contribution is 2.29. The van der Waals surface area contributed by atoms with E-state index in [0.29, 0.717) is 12.2 Å². The number of carbonyl (C=O) groups excluding carboxylic acids is 1. The number of aromatic amines is 1. The van der Waals surface area contributed by atoms with E-state index in [9.17, 15) is 4.79 Å². The van der Waals surface area contributed by atoms with Crippen molar-refractivity contribution >= 4 is 16.9 Å². The Bertz CT molecular complexity index is 589. The first-order valence-corrected chi connectivity index (χ1v) is 7.13. The van der Waals surface area contributed by atoms with E-state index in [1.54, 1.807) is 6.92 Å². The van der Waals surface area contributed by atoms with Crippen molar-refractivity contribution in [2.45, 2.75) is 26.7 Å². The lowest BCUT2D eigenvalue weighted by Crippen LogP contribution is -2.20. The molecule has 108 valence electrons. The third-order valence-electron chi connectivity index (χ3n) is 3.56. The molecule has 1 aromatic carbocycles. The summed E-state index contributed by atoms with van der Waals surface area (Å²) in [6.45, 7) is 5.96. The van der Waals surface area contributed by atoms with E-state index >= 15 is 0 Å². The van der Waals surface area contributed by atoms with Crippen molar-refractivity contribution in [3.63, 3.8) is 0 Å². The van der Waals surface area contributed by atoms with Crippen LogP contribution in [0, 0.1) is 0 Å². The molecule has 1 aromatic heterocycles. The maximum atomic E-state index is 11.5. The van der Waals surface area contributed by atoms with E-state index in [2.05, 4.69) is 23.9 Å². The average molecular weight is 274 g/mol. The van der Waals surface area contributed by atoms with Gasteiger partial charge in [-0.15, -0.1) is 0 Å². The fourth-order valence-electron chi connectivity index (χ4n) is 2.17. The summed E-state index contributed by atoms with van der Waals surface area (Å²) in [5.41, 5.74) is 2.21. The van der Waals surface area contributed by atoms with Crippen molar-refractivity contribution in [1.82, 2.24) is 9.88 Å². The van der Waals surface area contributed by atoms with Crippen LogP contribution in [0.5, 0.6) is 5.75 Å². The summed E-state index contributed by atoms with van der Waals surface area (Å²) in [5, 5.41) is 1.03. The molecule has 2 rings (SSSR count). The highest BCUT2D eigenvalue weighted by Gasteiger charge is 2.12. The molecule has 0 saturated heterocycles. The summed E-state index contributed by atoms with van der Waals surface area (Å²) in [6, 6.07) is 5.77. The molecule has 4 heteroatoms. The van der Waals surface area contributed by atoms with Crippen molar-refractivity contribution in [3.05, 3.63) is 30.0 Å². The number of likely N-dealkylation sites (N-methyl/N-ethyl adjacent to an activating group) is 1. The van der Waals surface area contributed by atoms with Gasteiger partial charge in [0, 0.05) is 30.1 Å². The number of ether oxygens (including phenoxy) is 1. The van der Waals surface area contributed by atoms with E-state index in [-0.39, 0.29) is 5.97 Å². The molecule has 0 amide bonds. The predicted octanol–water partition coefficient (Wildman–Crippen LogP) is 2.98. The molecule has 0 fully saturated rings. The average Bonchev–Trinajstić information content (AvgIpc) is 2.88. The molecule has 2 aromatic rings. The number of hydrogen-bond donors (Lipinski definition) is 1. The van der Waals surface area contributed by atoms with Crippen LogP contribution < -0.4 is 4.74 Å². The van der Waals surface area contributed by atoms with Gasteiger partial charge in [0.1, 0.15) is 5.75 Å². The molecule has 0 aliphatic carbocycles. The van der Waals surface area contributed by atoms with Crippen LogP contribution in [0.3, 0.4) is 0 Å². The molecule has 0 atom stereocenters. The summed E-state index contributed by atoms with van der Waals surface area (Å²) in [7, 11) is 2.10. The predicted molar refractivity (Wildman–Crippen MR) is 81.1 cm³/mol. The highest BCUT2D eigenvalue weighted by molar-refractivity contribution is 5.91. The maximum absolute atomic E-state index is 11.5. The number of aromatic nitrogens is 1. The quantitative estimate of drug-likeness (QED) is 0.650. The summed E-state index contributed by atoms with van der Waals surface area (Å²) in [4.78, 5) is 17.0. The van der Waals surface area contributed by atoms with Crippen LogP contribution in [0.4, 0.5) is 0 Å². The fourth-order valence-corrected chi connectivity index (χ4v) is 2.17. The van der Waals surface area contributed by atoms with E-state index in [4.69, 9.17) is 4.74 Å². The number of carbonyl (C=O) groups is 1. The number of nitrogens with zero attached hydrogens (tertiary/aromatic N) is 1. The summed E-state index contributed by atoms with van der Waals surface area (Å²) in [5.74, 6) is 0.458. The smallest absolute Gasteiger partial charge is 0.310 e. The van der Waals surface area contributed by atoms with Gasteiger partial charge in [0.05, 0.1) is 0 Å². The van der Waals surface area contributed by atoms with E-state index in [0.717, 1.165) is 30.4 Å². The fraction of sp³-hybridized carbons (Fsp3) is 0.438. The lowest BCUT2D eigenvalue weighted by molar-refractivity contribution is -0.133. The first-order chi connectivity index (χ1) is 9.65. The largest absolute Gasteiger partial charge is 0.426 e. The Morgan fingerprint density at radius 1 is 1.35 bits per heavy atom. The van der Waals surface area contributed by atoms with Gasteiger partial charge in [-0.2, -0.15) is 0 Å². The van der Waals surface area contributed by atoms with Crippen LogP contribution in [0.25, 0.3) is 10.9 Å². The first kappa shape index (κ1) is 14.6. The molecule has 1 N–H and O–H groups in total. The third kappa shape index (κ3) is 3.20. The van der Waals surface area contributed by atoms with Crippen LogP contribution in [-0.2, 0) is 11.2 Å². The van der Waals surface area contributed by atoms with Crippen LogP contribution in [0.2, 0.25) is 0 Å². The molecule has 4 nitrogen and oxygen atoms in total. The van der Waals surface area contributed by atoms with Gasteiger partial charge in [-0.1, -0.05) is 19.9 Å². The Morgan fingerprint density at radius 2 is 2.15 bits per heavy atom. The molecule has 0 bridgehead atoms. The second-order valence-electron chi connectivity index (χ2n) is 4.97. The lowest BCUT2D eigenvalue weighted by atomic mass is 10.1. The van der Waals surface area contributed by atoms with E-state index < -0.39 is 0 Å². The number of esters is 1. The van der Waals surface area contributed by atoms with Crippen molar-refractivity contribution in [2.75, 3.05) is 20.1 Å². The van der Waals surface area contributed by atoms with Crippen LogP contribution in [0.1, 0.15) is 25.8 Å². The van der Waals surface area contributed by atoms with Crippen LogP contribution in [0.15, 0.2) is 24.4 Å². The standard InChI is InChI=1S/C16H22N2O2/c1-4-15(19)20-14-8-6-7-13-16(14)12(11-17-13)9-10-18(3)5-2/h6-8,11,17H,4-5,9-10H2,1-3H3. The molecule has 0 unspecified atom stereocenters. The van der Waals surface area contributed by atoms with Gasteiger partial charge in [0.25, 0.3) is 0 Å². The molecule has 0 aliphatic heterocycles. The summed E-state index contributed by atoms with van der Waals surface area (Å²) in [6.07, 6.45) is 3.33. The second-order valence-corrected chi connectivity index (χ2v) is 4.97. The zero-order valence-corrected chi connectivity index (χ0v) is 12.4. The first-order valence-electron chi connectivity index (χ1n) is 7.13. The number of rotatable bonds is 6. The normalized spacial score (nSPS) is 11.2. The molecule has 20 heavy (non-hydrogen) atoms. The zero-order valence-electron chi connectivity index (χ0n) is 12.4. The van der Waals surface area contributed by atoms with Gasteiger partial charge < -0.3 is 14.6 Å². The third-order valence-corrected chi connectivity index (χ3v) is 3.56. The van der Waals surface area contributed by atoms with Crippen molar-refractivity contribution in [1.29, 1.82) is 0 Å². The lowest BCUT2D eigenvalue weighted by Gasteiger charge is -2.13. The van der Waals surface area contributed by atoms with Crippen LogP contribution in [-0.4, -0.2) is 36.0 Å². The minimum absolute atomic E-state index is 0.199. The molecular weight excluding hydrogens is 252 g/mol. The van der Waals surface area contributed by atoms with Gasteiger partial charge in [-0.05, 0) is 37.7 Å². The summed E-state index contributed by atoms with van der Waals surface area (Å²) >= 11 is 0. The van der Waals surface area contributed by atoms with Crippen molar-refractivity contribution in [3.8, 4) is 5.75 Å². The van der Waals surface area contributed by atoms with Gasteiger partial charge in [-0.3, -0.25) is 4.79 Å². The Hall–Kier alpha value is -1.81. The minimum atomic E-state index is -0.199. The molecule has 0 aliphatic rings. The highest BCUT2D eigenvalue weighted by atomic mass is 16.5. The topological polar surface area (TPSA) is 45.3 Å². The van der Waals surface area contributed by atoms with Gasteiger partial charge >= 0.3 is 5.97 Å². The van der Waals surface area contributed by atoms with E-state index in [1.807, 2.05) is 24.4 Å². The maximum Gasteiger partial charge on any atom is 0.310 e. The number of benzene rings is 1. The second kappa shape index (κ2) is 6.57. The molecular formula is C16H22N2O2. The summed E-state index contributed by atoms with van der Waals surface area (Å²) < 4.78 is 5.44. The number of nitrogens with one attached hydrogen (secondary N) is 1. The number of H-pyrrole nitrogens is 1. The molecule has 0 saturated carbocycles. The number of fused-ring (bicyclic) bond motifs is 1. The van der Waals surface area contributed by atoms with Gasteiger partial charge in [0.2, 0.25) is 0 Å². The SMILES string of the molecule is CCC(=O)Oc1cccc2[nH]cc(CCN(C)CC)c12. The zero-order chi connectivity index (χ0) is 14.5. The Kier molecular flexibility index (Phi) is 4.79. The van der Waals surface area contributed by atoms with Crippen molar-refractivity contribution in [2.24, 2.45) is 0 Å². The van der Waals surface area contributed by atoms with Crippen LogP contribution >= 0.6 is 0 Å². The molecule has 1 heterocycles. The van der Waals surface area contributed by atoms with Gasteiger partial charge in [0.15, 0.2) is 0 Å². The van der Waals surface area contributed by atoms with E-state index in [1.165, 1.54) is 5.56 Å². The minimum Gasteiger partial charge on any atom is -0.426 e. The Morgan fingerprint density at radius 3 is 2.85 bits per heavy atom. The Labute approximate surface area is 119 Å². The Balaban J connectivity index is 2.28.